The molecule has 0 aromatic rings. The van der Waals surface area contributed by atoms with Crippen LogP contribution in [0.25, 0.3) is 0 Å². The molecule has 118 valence electrons. The molecule has 2 N–H and O–H groups in total. The number of piperidine rings is 1. The van der Waals surface area contributed by atoms with Gasteiger partial charge in [0.1, 0.15) is 6.04 Å². The van der Waals surface area contributed by atoms with Gasteiger partial charge in [0.05, 0.1) is 11.0 Å². The minimum Gasteiger partial charge on any atom is -0.344 e. The lowest BCUT2D eigenvalue weighted by Gasteiger charge is -2.21. The summed E-state index contributed by atoms with van der Waals surface area (Å²) in [5, 5.41) is 4.31. The third-order valence-corrected chi connectivity index (χ3v) is 6.26. The zero-order valence-electron chi connectivity index (χ0n) is 11.8. The number of rotatable bonds is 5. The second kappa shape index (κ2) is 6.55. The molecular formula is C13H20N2O5S. The summed E-state index contributed by atoms with van der Waals surface area (Å²) in [6, 6.07) is -0.746. The first-order chi connectivity index (χ1) is 9.88. The maximum Gasteiger partial charge on any atom is 0.249 e. The average molecular weight is 316 g/mol. The van der Waals surface area contributed by atoms with Crippen LogP contribution in [0.1, 0.15) is 44.9 Å². The molecule has 8 heteroatoms. The van der Waals surface area contributed by atoms with Gasteiger partial charge in [0.2, 0.25) is 17.7 Å². The maximum atomic E-state index is 12.0. The molecule has 0 spiro atoms. The standard InChI is InChI=1S/C13H20N2O5S/c16-11-6-5-10(13(18)15-11)14-12(17)7-8-21(19,20)9-3-1-2-4-9/h9-10H,1-8H2,(H,14,17)(H,15,16,18). The molecule has 2 fully saturated rings. The summed E-state index contributed by atoms with van der Waals surface area (Å²) in [6.07, 6.45) is 3.49. The van der Waals surface area contributed by atoms with Gasteiger partial charge in [0, 0.05) is 12.8 Å². The van der Waals surface area contributed by atoms with E-state index in [4.69, 9.17) is 0 Å². The van der Waals surface area contributed by atoms with Crippen molar-refractivity contribution in [3.05, 3.63) is 0 Å². The molecule has 1 unspecified atom stereocenters. The van der Waals surface area contributed by atoms with Crippen molar-refractivity contribution in [3.8, 4) is 0 Å². The normalized spacial score (nSPS) is 23.9. The topological polar surface area (TPSA) is 109 Å². The number of hydrogen-bond acceptors (Lipinski definition) is 5. The Labute approximate surface area is 123 Å². The molecule has 7 nitrogen and oxygen atoms in total. The van der Waals surface area contributed by atoms with Crippen LogP contribution in [0.3, 0.4) is 0 Å². The van der Waals surface area contributed by atoms with Gasteiger partial charge in [-0.15, -0.1) is 0 Å². The van der Waals surface area contributed by atoms with Crippen LogP contribution in [0.15, 0.2) is 0 Å². The van der Waals surface area contributed by atoms with Crippen molar-refractivity contribution < 1.29 is 22.8 Å². The molecule has 1 atom stereocenters. The van der Waals surface area contributed by atoms with Crippen LogP contribution in [0.5, 0.6) is 0 Å². The molecule has 2 aliphatic rings. The van der Waals surface area contributed by atoms with Gasteiger partial charge in [-0.2, -0.15) is 0 Å². The largest absolute Gasteiger partial charge is 0.344 e. The highest BCUT2D eigenvalue weighted by Crippen LogP contribution is 2.25. The first-order valence-electron chi connectivity index (χ1n) is 7.23. The van der Waals surface area contributed by atoms with E-state index in [1.807, 2.05) is 0 Å². The smallest absolute Gasteiger partial charge is 0.249 e. The Balaban J connectivity index is 1.79. The number of amides is 3. The highest BCUT2D eigenvalue weighted by Gasteiger charge is 2.31. The zero-order chi connectivity index (χ0) is 15.5. The van der Waals surface area contributed by atoms with Gasteiger partial charge in [0.25, 0.3) is 0 Å². The zero-order valence-corrected chi connectivity index (χ0v) is 12.6. The highest BCUT2D eigenvalue weighted by molar-refractivity contribution is 7.92. The monoisotopic (exact) mass is 316 g/mol. The minimum atomic E-state index is -3.23. The quantitative estimate of drug-likeness (QED) is 0.674. The van der Waals surface area contributed by atoms with E-state index in [2.05, 4.69) is 10.6 Å². The average Bonchev–Trinajstić information content (AvgIpc) is 2.95. The molecule has 2 rings (SSSR count). The molecule has 1 heterocycles. The molecule has 0 aromatic carbocycles. The van der Waals surface area contributed by atoms with Crippen molar-refractivity contribution in [2.75, 3.05) is 5.75 Å². The van der Waals surface area contributed by atoms with Crippen molar-refractivity contribution in [1.82, 2.24) is 10.6 Å². The summed E-state index contributed by atoms with van der Waals surface area (Å²) in [6.45, 7) is 0. The second-order valence-electron chi connectivity index (χ2n) is 5.59. The Kier molecular flexibility index (Phi) is 4.97. The van der Waals surface area contributed by atoms with Gasteiger partial charge in [-0.25, -0.2) is 8.42 Å². The number of hydrogen-bond donors (Lipinski definition) is 2. The molecule has 0 bridgehead atoms. The molecule has 1 saturated heterocycles. The van der Waals surface area contributed by atoms with Crippen LogP contribution in [0.2, 0.25) is 0 Å². The van der Waals surface area contributed by atoms with Crippen molar-refractivity contribution in [1.29, 1.82) is 0 Å². The molecule has 1 aliphatic heterocycles. The van der Waals surface area contributed by atoms with E-state index in [9.17, 15) is 22.8 Å². The minimum absolute atomic E-state index is 0.142. The Bertz CT molecular complexity index is 537. The van der Waals surface area contributed by atoms with Gasteiger partial charge in [0.15, 0.2) is 9.84 Å². The predicted octanol–water partition coefficient (Wildman–Crippen LogP) is -0.345. The molecule has 1 saturated carbocycles. The van der Waals surface area contributed by atoms with Gasteiger partial charge in [-0.05, 0) is 19.3 Å². The lowest BCUT2D eigenvalue weighted by atomic mass is 10.1. The Morgan fingerprint density at radius 2 is 1.86 bits per heavy atom. The molecule has 0 aromatic heterocycles. The maximum absolute atomic E-state index is 12.0. The molecule has 21 heavy (non-hydrogen) atoms. The van der Waals surface area contributed by atoms with Gasteiger partial charge in [-0.3, -0.25) is 19.7 Å². The van der Waals surface area contributed by atoms with Crippen molar-refractivity contribution in [2.24, 2.45) is 0 Å². The summed E-state index contributed by atoms with van der Waals surface area (Å²) in [7, 11) is -3.23. The van der Waals surface area contributed by atoms with Crippen LogP contribution < -0.4 is 10.6 Å². The van der Waals surface area contributed by atoms with Crippen LogP contribution in [0, 0.1) is 0 Å². The Hall–Kier alpha value is -1.44. The number of carbonyl (C=O) groups is 3. The second-order valence-corrected chi connectivity index (χ2v) is 8.00. The van der Waals surface area contributed by atoms with E-state index in [1.54, 1.807) is 0 Å². The lowest BCUT2D eigenvalue weighted by molar-refractivity contribution is -0.137. The number of nitrogens with one attached hydrogen (secondary N) is 2. The number of carbonyl (C=O) groups excluding carboxylic acids is 3. The fraction of sp³-hybridized carbons (Fsp3) is 0.769. The fourth-order valence-corrected chi connectivity index (χ4v) is 4.60. The Morgan fingerprint density at radius 1 is 1.19 bits per heavy atom. The molecule has 3 amide bonds. The van der Waals surface area contributed by atoms with E-state index in [1.165, 1.54) is 0 Å². The van der Waals surface area contributed by atoms with Crippen LogP contribution in [-0.4, -0.2) is 43.2 Å². The van der Waals surface area contributed by atoms with Crippen LogP contribution in [0.4, 0.5) is 0 Å². The number of sulfone groups is 1. The summed E-state index contributed by atoms with van der Waals surface area (Å²) < 4.78 is 24.1. The van der Waals surface area contributed by atoms with Crippen molar-refractivity contribution in [3.63, 3.8) is 0 Å². The van der Waals surface area contributed by atoms with E-state index in [0.29, 0.717) is 12.8 Å². The molecule has 0 radical (unpaired) electrons. The molecular weight excluding hydrogens is 296 g/mol. The summed E-state index contributed by atoms with van der Waals surface area (Å²) in [5.74, 6) is -1.53. The fourth-order valence-electron chi connectivity index (χ4n) is 2.75. The molecule has 1 aliphatic carbocycles. The SMILES string of the molecule is O=C1CCC(NC(=O)CCS(=O)(=O)C2CCCC2)C(=O)N1. The van der Waals surface area contributed by atoms with Crippen LogP contribution >= 0.6 is 0 Å². The first-order valence-corrected chi connectivity index (χ1v) is 8.94. The third kappa shape index (κ3) is 4.26. The van der Waals surface area contributed by atoms with Gasteiger partial charge < -0.3 is 5.32 Å². The summed E-state index contributed by atoms with van der Waals surface area (Å²) in [5.41, 5.74) is 0. The van der Waals surface area contributed by atoms with Gasteiger partial charge in [-0.1, -0.05) is 12.8 Å². The third-order valence-electron chi connectivity index (χ3n) is 4.00. The summed E-state index contributed by atoms with van der Waals surface area (Å²) in [4.78, 5) is 34.2. The summed E-state index contributed by atoms with van der Waals surface area (Å²) >= 11 is 0. The van der Waals surface area contributed by atoms with Gasteiger partial charge >= 0.3 is 0 Å². The first kappa shape index (κ1) is 15.9. The lowest BCUT2D eigenvalue weighted by Crippen LogP contribution is -2.52. The van der Waals surface area contributed by atoms with E-state index < -0.39 is 27.7 Å². The van der Waals surface area contributed by atoms with E-state index >= 15 is 0 Å². The van der Waals surface area contributed by atoms with E-state index in [0.717, 1.165) is 12.8 Å². The highest BCUT2D eigenvalue weighted by atomic mass is 32.2. The number of imide groups is 1. The van der Waals surface area contributed by atoms with Crippen LogP contribution in [-0.2, 0) is 24.2 Å². The predicted molar refractivity (Wildman–Crippen MR) is 75.0 cm³/mol. The van der Waals surface area contributed by atoms with Crippen molar-refractivity contribution in [2.45, 2.75) is 56.2 Å². The van der Waals surface area contributed by atoms with Crippen molar-refractivity contribution >= 4 is 27.6 Å². The Morgan fingerprint density at radius 3 is 2.48 bits per heavy atom. The van der Waals surface area contributed by atoms with E-state index in [-0.39, 0.29) is 36.2 Å².